The third-order valence-corrected chi connectivity index (χ3v) is 6.89. The van der Waals surface area contributed by atoms with Crippen LogP contribution in [0.25, 0.3) is 0 Å². The minimum absolute atomic E-state index is 0.0601. The summed E-state index contributed by atoms with van der Waals surface area (Å²) in [6, 6.07) is 20.1. The number of anilines is 2. The van der Waals surface area contributed by atoms with Gasteiger partial charge in [0.15, 0.2) is 0 Å². The first kappa shape index (κ1) is 21.8. The number of carbonyl (C=O) groups excluding carboxylic acids is 1. The molecule has 0 aliphatic carbocycles. The van der Waals surface area contributed by atoms with Crippen LogP contribution in [0.2, 0.25) is 0 Å². The summed E-state index contributed by atoms with van der Waals surface area (Å²) in [5.74, 6) is -0.708. The Morgan fingerprint density at radius 2 is 1.56 bits per heavy atom. The van der Waals surface area contributed by atoms with E-state index in [0.29, 0.717) is 26.2 Å². The zero-order valence-corrected chi connectivity index (χ0v) is 18.5. The number of para-hydroxylation sites is 2. The van der Waals surface area contributed by atoms with E-state index in [1.165, 1.54) is 19.1 Å². The molecule has 0 atom stereocenters. The Kier molecular flexibility index (Phi) is 6.14. The Morgan fingerprint density at radius 1 is 0.906 bits per heavy atom. The highest BCUT2D eigenvalue weighted by Gasteiger charge is 2.25. The fourth-order valence-corrected chi connectivity index (χ4v) is 4.89. The van der Waals surface area contributed by atoms with E-state index in [9.17, 15) is 17.6 Å². The zero-order chi connectivity index (χ0) is 22.7. The van der Waals surface area contributed by atoms with E-state index < -0.39 is 15.8 Å². The van der Waals surface area contributed by atoms with E-state index in [1.54, 1.807) is 29.2 Å². The fraction of sp³-hybridized carbons (Fsp3) is 0.208. The molecule has 4 rings (SSSR count). The SMILES string of the molecule is Cc1cc(S(=O)(=O)Nc2ccccc2C(=O)N2CCN(c3ccccc3)CC2)ccc1F. The van der Waals surface area contributed by atoms with Crippen LogP contribution in [-0.4, -0.2) is 45.4 Å². The number of aryl methyl sites for hydroxylation is 1. The van der Waals surface area contributed by atoms with Crippen LogP contribution in [0.1, 0.15) is 15.9 Å². The summed E-state index contributed by atoms with van der Waals surface area (Å²) in [6.45, 7) is 3.95. The van der Waals surface area contributed by atoms with Gasteiger partial charge in [-0.1, -0.05) is 30.3 Å². The molecule has 0 radical (unpaired) electrons. The van der Waals surface area contributed by atoms with Crippen LogP contribution >= 0.6 is 0 Å². The van der Waals surface area contributed by atoms with Gasteiger partial charge in [-0.05, 0) is 55.0 Å². The van der Waals surface area contributed by atoms with E-state index in [4.69, 9.17) is 0 Å². The van der Waals surface area contributed by atoms with Gasteiger partial charge in [0.25, 0.3) is 15.9 Å². The van der Waals surface area contributed by atoms with Crippen molar-refractivity contribution in [1.82, 2.24) is 4.90 Å². The predicted molar refractivity (Wildman–Crippen MR) is 123 cm³/mol. The van der Waals surface area contributed by atoms with Gasteiger partial charge in [0.2, 0.25) is 0 Å². The molecule has 3 aromatic rings. The van der Waals surface area contributed by atoms with Crippen molar-refractivity contribution in [1.29, 1.82) is 0 Å². The largest absolute Gasteiger partial charge is 0.368 e. The minimum Gasteiger partial charge on any atom is -0.368 e. The van der Waals surface area contributed by atoms with Crippen molar-refractivity contribution in [2.45, 2.75) is 11.8 Å². The molecule has 0 saturated carbocycles. The minimum atomic E-state index is -3.98. The van der Waals surface area contributed by atoms with Crippen molar-refractivity contribution >= 4 is 27.3 Å². The molecule has 1 aliphatic rings. The van der Waals surface area contributed by atoms with Gasteiger partial charge in [-0.3, -0.25) is 9.52 Å². The molecule has 3 aromatic carbocycles. The lowest BCUT2D eigenvalue weighted by Gasteiger charge is -2.36. The first-order valence-corrected chi connectivity index (χ1v) is 11.8. The van der Waals surface area contributed by atoms with Crippen LogP contribution in [-0.2, 0) is 10.0 Å². The number of halogens is 1. The van der Waals surface area contributed by atoms with E-state index in [1.807, 2.05) is 30.3 Å². The van der Waals surface area contributed by atoms with Gasteiger partial charge in [-0.2, -0.15) is 0 Å². The van der Waals surface area contributed by atoms with Crippen molar-refractivity contribution < 1.29 is 17.6 Å². The molecule has 0 aromatic heterocycles. The lowest BCUT2D eigenvalue weighted by atomic mass is 10.1. The highest BCUT2D eigenvalue weighted by Crippen LogP contribution is 2.24. The summed E-state index contributed by atoms with van der Waals surface area (Å²) in [4.78, 5) is 17.1. The van der Waals surface area contributed by atoms with Crippen molar-refractivity contribution in [2.24, 2.45) is 0 Å². The summed E-state index contributed by atoms with van der Waals surface area (Å²) < 4.78 is 41.8. The Hall–Kier alpha value is -3.39. The topological polar surface area (TPSA) is 69.7 Å². The summed E-state index contributed by atoms with van der Waals surface area (Å²) in [6.07, 6.45) is 0. The van der Waals surface area contributed by atoms with Gasteiger partial charge in [0.1, 0.15) is 5.82 Å². The molecule has 8 heteroatoms. The fourth-order valence-electron chi connectivity index (χ4n) is 3.72. The number of hydrogen-bond acceptors (Lipinski definition) is 4. The van der Waals surface area contributed by atoms with Crippen LogP contribution in [0.15, 0.2) is 77.7 Å². The molecular formula is C24H24FN3O3S. The summed E-state index contributed by atoms with van der Waals surface area (Å²) in [7, 11) is -3.98. The molecule has 1 saturated heterocycles. The lowest BCUT2D eigenvalue weighted by Crippen LogP contribution is -2.48. The van der Waals surface area contributed by atoms with Gasteiger partial charge in [0, 0.05) is 31.9 Å². The van der Waals surface area contributed by atoms with Gasteiger partial charge in [-0.15, -0.1) is 0 Å². The van der Waals surface area contributed by atoms with Gasteiger partial charge >= 0.3 is 0 Å². The van der Waals surface area contributed by atoms with Crippen molar-refractivity contribution in [2.75, 3.05) is 35.8 Å². The maximum absolute atomic E-state index is 13.6. The molecular weight excluding hydrogens is 429 g/mol. The smallest absolute Gasteiger partial charge is 0.261 e. The van der Waals surface area contributed by atoms with Crippen LogP contribution < -0.4 is 9.62 Å². The van der Waals surface area contributed by atoms with Crippen LogP contribution in [0, 0.1) is 12.7 Å². The number of nitrogens with zero attached hydrogens (tertiary/aromatic N) is 2. The Labute approximate surface area is 187 Å². The monoisotopic (exact) mass is 453 g/mol. The highest BCUT2D eigenvalue weighted by molar-refractivity contribution is 7.92. The molecule has 0 spiro atoms. The van der Waals surface area contributed by atoms with Crippen LogP contribution in [0.3, 0.4) is 0 Å². The molecule has 1 amide bonds. The summed E-state index contributed by atoms with van der Waals surface area (Å²) in [5.41, 5.74) is 1.82. The second-order valence-corrected chi connectivity index (χ2v) is 9.36. The van der Waals surface area contributed by atoms with Gasteiger partial charge in [0.05, 0.1) is 16.1 Å². The third kappa shape index (κ3) is 4.60. The first-order chi connectivity index (χ1) is 15.3. The number of carbonyl (C=O) groups is 1. The molecule has 1 fully saturated rings. The Bertz CT molecular complexity index is 1220. The molecule has 1 N–H and O–H groups in total. The molecule has 1 aliphatic heterocycles. The maximum atomic E-state index is 13.6. The highest BCUT2D eigenvalue weighted by atomic mass is 32.2. The lowest BCUT2D eigenvalue weighted by molar-refractivity contribution is 0.0748. The average Bonchev–Trinajstić information content (AvgIpc) is 2.81. The predicted octanol–water partition coefficient (Wildman–Crippen LogP) is 3.90. The maximum Gasteiger partial charge on any atom is 0.261 e. The third-order valence-electron chi connectivity index (χ3n) is 5.53. The first-order valence-electron chi connectivity index (χ1n) is 10.3. The second kappa shape index (κ2) is 9.00. The molecule has 0 bridgehead atoms. The number of amides is 1. The average molecular weight is 454 g/mol. The van der Waals surface area contributed by atoms with E-state index in [0.717, 1.165) is 11.8 Å². The van der Waals surface area contributed by atoms with Crippen LogP contribution in [0.5, 0.6) is 0 Å². The van der Waals surface area contributed by atoms with Crippen molar-refractivity contribution in [3.63, 3.8) is 0 Å². The van der Waals surface area contributed by atoms with E-state index >= 15 is 0 Å². The number of piperazine rings is 1. The molecule has 1 heterocycles. The van der Waals surface area contributed by atoms with Gasteiger partial charge in [-0.25, -0.2) is 12.8 Å². The standard InChI is InChI=1S/C24H24FN3O3S/c1-18-17-20(11-12-22(18)25)32(30,31)26-23-10-6-5-9-21(23)24(29)28-15-13-27(14-16-28)19-7-3-2-4-8-19/h2-12,17,26H,13-16H2,1H3. The number of benzene rings is 3. The number of rotatable bonds is 5. The van der Waals surface area contributed by atoms with Crippen LogP contribution in [0.4, 0.5) is 15.8 Å². The number of sulfonamides is 1. The Morgan fingerprint density at radius 3 is 2.25 bits per heavy atom. The molecule has 166 valence electrons. The number of nitrogens with one attached hydrogen (secondary N) is 1. The molecule has 6 nitrogen and oxygen atoms in total. The zero-order valence-electron chi connectivity index (χ0n) is 17.7. The van der Waals surface area contributed by atoms with E-state index in [-0.39, 0.29) is 27.6 Å². The Balaban J connectivity index is 1.51. The summed E-state index contributed by atoms with van der Waals surface area (Å²) >= 11 is 0. The second-order valence-electron chi connectivity index (χ2n) is 7.68. The number of hydrogen-bond donors (Lipinski definition) is 1. The van der Waals surface area contributed by atoms with E-state index in [2.05, 4.69) is 9.62 Å². The van der Waals surface area contributed by atoms with Crippen molar-refractivity contribution in [3.8, 4) is 0 Å². The van der Waals surface area contributed by atoms with Gasteiger partial charge < -0.3 is 9.80 Å². The van der Waals surface area contributed by atoms with Crippen molar-refractivity contribution in [3.05, 3.63) is 89.7 Å². The quantitative estimate of drug-likeness (QED) is 0.636. The normalized spacial score (nSPS) is 14.3. The molecule has 0 unspecified atom stereocenters. The molecule has 32 heavy (non-hydrogen) atoms. The summed E-state index contributed by atoms with van der Waals surface area (Å²) in [5, 5.41) is 0.